The number of hydrogen-bond acceptors (Lipinski definition) is 3. The van der Waals surface area contributed by atoms with Gasteiger partial charge in [0.25, 0.3) is 5.91 Å². The number of carbonyl (C=O) groups is 2. The zero-order valence-corrected chi connectivity index (χ0v) is 9.24. The topological polar surface area (TPSA) is 55.4 Å². The van der Waals surface area contributed by atoms with E-state index < -0.39 is 11.5 Å². The number of fused-ring (bicyclic) bond motifs is 1. The Hall–Kier alpha value is -1.84. The maximum absolute atomic E-state index is 11.8. The molecule has 1 aromatic carbocycles. The molecule has 1 atom stereocenters. The van der Waals surface area contributed by atoms with Crippen molar-refractivity contribution in [3.63, 3.8) is 0 Å². The maximum atomic E-state index is 11.8. The molecule has 1 amide bonds. The highest BCUT2D eigenvalue weighted by atomic mass is 16.5. The van der Waals surface area contributed by atoms with Crippen LogP contribution in [0.3, 0.4) is 0 Å². The first-order chi connectivity index (χ1) is 7.57. The number of hydrogen-bond donors (Lipinski definition) is 1. The van der Waals surface area contributed by atoms with Crippen molar-refractivity contribution in [3.05, 3.63) is 35.4 Å². The minimum Gasteiger partial charge on any atom is -0.467 e. The lowest BCUT2D eigenvalue weighted by Gasteiger charge is -2.32. The van der Waals surface area contributed by atoms with E-state index in [-0.39, 0.29) is 5.91 Å². The minimum absolute atomic E-state index is 0.227. The fourth-order valence-corrected chi connectivity index (χ4v) is 1.99. The number of carbonyl (C=O) groups excluding carboxylic acids is 2. The van der Waals surface area contributed by atoms with Gasteiger partial charge in [-0.15, -0.1) is 0 Å². The molecule has 4 nitrogen and oxygen atoms in total. The van der Waals surface area contributed by atoms with Crippen molar-refractivity contribution >= 4 is 11.9 Å². The van der Waals surface area contributed by atoms with Crippen LogP contribution < -0.4 is 5.32 Å². The number of esters is 1. The van der Waals surface area contributed by atoms with Crippen molar-refractivity contribution in [2.75, 3.05) is 7.11 Å². The highest BCUT2D eigenvalue weighted by Gasteiger charge is 2.40. The Balaban J connectivity index is 2.41. The third-order valence-corrected chi connectivity index (χ3v) is 2.83. The molecule has 1 aliphatic rings. The third-order valence-electron chi connectivity index (χ3n) is 2.83. The van der Waals surface area contributed by atoms with Gasteiger partial charge < -0.3 is 10.1 Å². The van der Waals surface area contributed by atoms with E-state index in [1.54, 1.807) is 19.1 Å². The molecule has 0 fully saturated rings. The highest BCUT2D eigenvalue weighted by Crippen LogP contribution is 2.23. The molecule has 2 rings (SSSR count). The molecule has 0 saturated carbocycles. The summed E-state index contributed by atoms with van der Waals surface area (Å²) in [6.07, 6.45) is 0.460. The molecule has 0 saturated heterocycles. The number of nitrogens with one attached hydrogen (secondary N) is 1. The number of ether oxygens (including phenoxy) is 1. The second-order valence-electron chi connectivity index (χ2n) is 4.11. The largest absolute Gasteiger partial charge is 0.467 e. The number of benzene rings is 1. The van der Waals surface area contributed by atoms with Crippen molar-refractivity contribution < 1.29 is 14.3 Å². The first-order valence-electron chi connectivity index (χ1n) is 5.06. The van der Waals surface area contributed by atoms with Gasteiger partial charge in [-0.25, -0.2) is 4.79 Å². The van der Waals surface area contributed by atoms with Gasteiger partial charge in [0.15, 0.2) is 0 Å². The molecule has 0 aromatic heterocycles. The maximum Gasteiger partial charge on any atom is 0.331 e. The molecular weight excluding hydrogens is 206 g/mol. The molecule has 1 aromatic rings. The Kier molecular flexibility index (Phi) is 2.42. The summed E-state index contributed by atoms with van der Waals surface area (Å²) >= 11 is 0. The number of rotatable bonds is 1. The molecule has 0 radical (unpaired) electrons. The van der Waals surface area contributed by atoms with Crippen LogP contribution in [0.4, 0.5) is 0 Å². The Morgan fingerprint density at radius 2 is 2.12 bits per heavy atom. The first-order valence-corrected chi connectivity index (χ1v) is 5.06. The zero-order valence-electron chi connectivity index (χ0n) is 9.24. The van der Waals surface area contributed by atoms with Crippen LogP contribution in [-0.4, -0.2) is 24.5 Å². The lowest BCUT2D eigenvalue weighted by molar-refractivity contribution is -0.147. The van der Waals surface area contributed by atoms with Gasteiger partial charge in [0.1, 0.15) is 5.54 Å². The average Bonchev–Trinajstić information content (AvgIpc) is 2.27. The smallest absolute Gasteiger partial charge is 0.331 e. The molecular formula is C12H13NO3. The normalized spacial score (nSPS) is 23.2. The van der Waals surface area contributed by atoms with Gasteiger partial charge in [0, 0.05) is 12.0 Å². The van der Waals surface area contributed by atoms with Gasteiger partial charge >= 0.3 is 5.97 Å². The lowest BCUT2D eigenvalue weighted by atomic mass is 9.86. The van der Waals surface area contributed by atoms with Crippen molar-refractivity contribution in [1.29, 1.82) is 0 Å². The molecule has 16 heavy (non-hydrogen) atoms. The SMILES string of the molecule is COC(=O)[C@@]1(C)Cc2ccccc2C(=O)N1. The predicted octanol–water partition coefficient (Wildman–Crippen LogP) is 0.904. The molecule has 84 valence electrons. The first kappa shape index (κ1) is 10.7. The summed E-state index contributed by atoms with van der Waals surface area (Å²) in [6, 6.07) is 7.27. The van der Waals surface area contributed by atoms with Crippen molar-refractivity contribution in [1.82, 2.24) is 5.32 Å². The van der Waals surface area contributed by atoms with Crippen LogP contribution in [0.5, 0.6) is 0 Å². The van der Waals surface area contributed by atoms with Crippen LogP contribution in [0.25, 0.3) is 0 Å². The van der Waals surface area contributed by atoms with Gasteiger partial charge in [-0.3, -0.25) is 4.79 Å². The summed E-state index contributed by atoms with van der Waals surface area (Å²) in [4.78, 5) is 23.4. The second-order valence-corrected chi connectivity index (χ2v) is 4.11. The van der Waals surface area contributed by atoms with Gasteiger partial charge in [-0.2, -0.15) is 0 Å². The quantitative estimate of drug-likeness (QED) is 0.714. The highest BCUT2D eigenvalue weighted by molar-refractivity contribution is 6.01. The summed E-state index contributed by atoms with van der Waals surface area (Å²) < 4.78 is 4.70. The zero-order chi connectivity index (χ0) is 11.8. The average molecular weight is 219 g/mol. The van der Waals surface area contributed by atoms with E-state index in [4.69, 9.17) is 4.74 Å². The standard InChI is InChI=1S/C12H13NO3/c1-12(11(15)16-2)7-8-5-3-4-6-9(8)10(14)13-12/h3-6H,7H2,1-2H3,(H,13,14)/t12-/m1/s1. The van der Waals surface area contributed by atoms with Gasteiger partial charge in [0.05, 0.1) is 7.11 Å². The molecule has 0 aliphatic carbocycles. The lowest BCUT2D eigenvalue weighted by Crippen LogP contribution is -2.57. The van der Waals surface area contributed by atoms with Crippen molar-refractivity contribution in [2.24, 2.45) is 0 Å². The van der Waals surface area contributed by atoms with Crippen molar-refractivity contribution in [2.45, 2.75) is 18.9 Å². The van der Waals surface area contributed by atoms with E-state index in [2.05, 4.69) is 5.32 Å². The molecule has 0 bridgehead atoms. The van der Waals surface area contributed by atoms with Gasteiger partial charge in [-0.05, 0) is 18.6 Å². The van der Waals surface area contributed by atoms with E-state index in [0.29, 0.717) is 12.0 Å². The Morgan fingerprint density at radius 1 is 1.44 bits per heavy atom. The molecule has 0 spiro atoms. The van der Waals surface area contributed by atoms with Crippen LogP contribution in [0, 0.1) is 0 Å². The summed E-state index contributed by atoms with van der Waals surface area (Å²) in [5.41, 5.74) is 0.545. The van der Waals surface area contributed by atoms with Crippen LogP contribution in [-0.2, 0) is 16.0 Å². The fourth-order valence-electron chi connectivity index (χ4n) is 1.99. The molecule has 1 N–H and O–H groups in total. The van der Waals surface area contributed by atoms with E-state index in [0.717, 1.165) is 5.56 Å². The molecule has 4 heteroatoms. The van der Waals surface area contributed by atoms with Crippen LogP contribution in [0.15, 0.2) is 24.3 Å². The number of methoxy groups -OCH3 is 1. The molecule has 1 heterocycles. The number of amides is 1. The Labute approximate surface area is 93.6 Å². The van der Waals surface area contributed by atoms with E-state index in [1.807, 2.05) is 12.1 Å². The van der Waals surface area contributed by atoms with Gasteiger partial charge in [-0.1, -0.05) is 18.2 Å². The summed E-state index contributed by atoms with van der Waals surface area (Å²) in [5.74, 6) is -0.648. The van der Waals surface area contributed by atoms with Crippen molar-refractivity contribution in [3.8, 4) is 0 Å². The van der Waals surface area contributed by atoms with Gasteiger partial charge in [0.2, 0.25) is 0 Å². The summed E-state index contributed by atoms with van der Waals surface area (Å²) in [7, 11) is 1.32. The molecule has 1 aliphatic heterocycles. The van der Waals surface area contributed by atoms with Crippen LogP contribution in [0.2, 0.25) is 0 Å². The second kappa shape index (κ2) is 3.63. The Bertz CT molecular complexity index is 455. The summed E-state index contributed by atoms with van der Waals surface area (Å²) in [5, 5.41) is 2.69. The van der Waals surface area contributed by atoms with E-state index in [1.165, 1.54) is 7.11 Å². The minimum atomic E-state index is -0.958. The van der Waals surface area contributed by atoms with Crippen LogP contribution >= 0.6 is 0 Å². The monoisotopic (exact) mass is 219 g/mol. The molecule has 0 unspecified atom stereocenters. The van der Waals surface area contributed by atoms with E-state index in [9.17, 15) is 9.59 Å². The predicted molar refractivity (Wildman–Crippen MR) is 58.0 cm³/mol. The Morgan fingerprint density at radius 3 is 2.81 bits per heavy atom. The third kappa shape index (κ3) is 1.56. The van der Waals surface area contributed by atoms with Crippen LogP contribution in [0.1, 0.15) is 22.8 Å². The van der Waals surface area contributed by atoms with E-state index >= 15 is 0 Å². The fraction of sp³-hybridized carbons (Fsp3) is 0.333. The summed E-state index contributed by atoms with van der Waals surface area (Å²) in [6.45, 7) is 1.67.